The van der Waals surface area contributed by atoms with E-state index in [9.17, 15) is 14.4 Å². The van der Waals surface area contributed by atoms with Crippen LogP contribution in [0, 0.1) is 0 Å². The summed E-state index contributed by atoms with van der Waals surface area (Å²) in [4.78, 5) is 42.6. The van der Waals surface area contributed by atoms with Crippen molar-refractivity contribution in [1.82, 2.24) is 14.9 Å². The number of benzene rings is 3. The van der Waals surface area contributed by atoms with Gasteiger partial charge in [0.25, 0.3) is 5.56 Å². The van der Waals surface area contributed by atoms with Gasteiger partial charge in [-0.25, -0.2) is 4.98 Å². The van der Waals surface area contributed by atoms with E-state index in [-0.39, 0.29) is 29.5 Å². The van der Waals surface area contributed by atoms with Gasteiger partial charge >= 0.3 is 0 Å². The Bertz CT molecular complexity index is 1350. The number of fused-ring (bicyclic) bond motifs is 1. The molecule has 1 aromatic heterocycles. The average molecular weight is 458 g/mol. The maximum absolute atomic E-state index is 13.3. The minimum atomic E-state index is -0.306. The summed E-state index contributed by atoms with van der Waals surface area (Å²) in [5.41, 5.74) is 2.79. The number of thioether (sulfide) groups is 1. The zero-order chi connectivity index (χ0) is 23.2. The lowest BCUT2D eigenvalue weighted by molar-refractivity contribution is -0.118. The van der Waals surface area contributed by atoms with Crippen molar-refractivity contribution < 1.29 is 9.59 Å². The number of amides is 1. The third kappa shape index (κ3) is 5.21. The summed E-state index contributed by atoms with van der Waals surface area (Å²) in [6, 6.07) is 23.7. The van der Waals surface area contributed by atoms with E-state index in [1.807, 2.05) is 36.4 Å². The van der Waals surface area contributed by atoms with E-state index in [4.69, 9.17) is 0 Å². The quantitative estimate of drug-likeness (QED) is 0.245. The van der Waals surface area contributed by atoms with Crippen LogP contribution in [0.4, 0.5) is 0 Å². The molecule has 0 aliphatic heterocycles. The van der Waals surface area contributed by atoms with E-state index in [1.165, 1.54) is 4.57 Å². The Morgan fingerprint density at radius 1 is 0.939 bits per heavy atom. The minimum Gasteiger partial charge on any atom is -0.348 e. The molecule has 0 bridgehead atoms. The van der Waals surface area contributed by atoms with Crippen molar-refractivity contribution in [2.45, 2.75) is 18.5 Å². The molecule has 6 nitrogen and oxygen atoms in total. The smallest absolute Gasteiger partial charge is 0.266 e. The third-order valence-corrected chi connectivity index (χ3v) is 6.16. The molecule has 0 saturated heterocycles. The molecule has 1 N–H and O–H groups in total. The highest BCUT2D eigenvalue weighted by Gasteiger charge is 2.15. The van der Waals surface area contributed by atoms with Crippen molar-refractivity contribution in [1.29, 1.82) is 0 Å². The second kappa shape index (κ2) is 10.3. The zero-order valence-electron chi connectivity index (χ0n) is 18.2. The fraction of sp³-hybridized carbons (Fsp3) is 0.154. The van der Waals surface area contributed by atoms with Gasteiger partial charge in [0.15, 0.2) is 10.9 Å². The van der Waals surface area contributed by atoms with Crippen LogP contribution in [-0.4, -0.2) is 33.5 Å². The van der Waals surface area contributed by atoms with Crippen LogP contribution in [0.1, 0.15) is 22.8 Å². The number of nitrogens with zero attached hydrogens (tertiary/aromatic N) is 2. The van der Waals surface area contributed by atoms with Gasteiger partial charge in [-0.15, -0.1) is 0 Å². The van der Waals surface area contributed by atoms with Crippen molar-refractivity contribution in [3.8, 4) is 5.69 Å². The first-order valence-electron chi connectivity index (χ1n) is 10.7. The number of aryl methyl sites for hydroxylation is 1. The fourth-order valence-corrected chi connectivity index (χ4v) is 4.25. The van der Waals surface area contributed by atoms with Crippen LogP contribution >= 0.6 is 11.8 Å². The Morgan fingerprint density at radius 3 is 2.36 bits per heavy atom. The Labute approximate surface area is 195 Å². The predicted molar refractivity (Wildman–Crippen MR) is 131 cm³/mol. The number of nitrogens with one attached hydrogen (secondary N) is 1. The van der Waals surface area contributed by atoms with E-state index < -0.39 is 0 Å². The summed E-state index contributed by atoms with van der Waals surface area (Å²) in [7, 11) is 0. The Hall–Kier alpha value is -3.71. The number of rotatable bonds is 8. The van der Waals surface area contributed by atoms with Crippen molar-refractivity contribution in [3.05, 3.63) is 100 Å². The van der Waals surface area contributed by atoms with E-state index in [2.05, 4.69) is 17.2 Å². The van der Waals surface area contributed by atoms with Crippen molar-refractivity contribution in [2.75, 3.05) is 12.3 Å². The van der Waals surface area contributed by atoms with Crippen LogP contribution in [0.5, 0.6) is 0 Å². The molecule has 0 saturated carbocycles. The summed E-state index contributed by atoms with van der Waals surface area (Å²) in [6.45, 7) is 1.99. The highest BCUT2D eigenvalue weighted by molar-refractivity contribution is 7.99. The molecule has 4 rings (SSSR count). The largest absolute Gasteiger partial charge is 0.348 e. The maximum atomic E-state index is 13.3. The van der Waals surface area contributed by atoms with E-state index in [1.54, 1.807) is 42.5 Å². The standard InChI is InChI=1S/C26H23N3O3S/c1-2-18-12-14-20(15-13-18)29-25(32)21-10-6-7-11-22(21)28-26(29)33-17-24(31)27-16-23(30)19-8-4-3-5-9-19/h3-15H,2,16-17H2,1H3,(H,27,31). The summed E-state index contributed by atoms with van der Waals surface area (Å²) in [5, 5.41) is 3.59. The van der Waals surface area contributed by atoms with Gasteiger partial charge in [0.1, 0.15) is 0 Å². The maximum Gasteiger partial charge on any atom is 0.266 e. The molecule has 166 valence electrons. The van der Waals surface area contributed by atoms with Gasteiger partial charge in [0.2, 0.25) is 5.91 Å². The Balaban J connectivity index is 1.55. The third-order valence-electron chi connectivity index (χ3n) is 5.22. The number of ketones is 1. The van der Waals surface area contributed by atoms with Gasteiger partial charge in [-0.2, -0.15) is 0 Å². The second-order valence-corrected chi connectivity index (χ2v) is 8.37. The van der Waals surface area contributed by atoms with Crippen LogP contribution in [0.25, 0.3) is 16.6 Å². The van der Waals surface area contributed by atoms with Gasteiger partial charge in [0.05, 0.1) is 28.9 Å². The number of Topliss-reactive ketones (excluding diaryl/α,β-unsaturated/α-hetero) is 1. The van der Waals surface area contributed by atoms with Crippen LogP contribution in [0.3, 0.4) is 0 Å². The molecule has 1 heterocycles. The normalized spacial score (nSPS) is 10.8. The summed E-state index contributed by atoms with van der Waals surface area (Å²) >= 11 is 1.16. The fourth-order valence-electron chi connectivity index (χ4n) is 3.40. The number of carbonyl (C=O) groups is 2. The summed E-state index contributed by atoms with van der Waals surface area (Å²) in [5.74, 6) is -0.440. The van der Waals surface area contributed by atoms with E-state index in [0.29, 0.717) is 27.3 Å². The lowest BCUT2D eigenvalue weighted by Gasteiger charge is -2.13. The molecule has 0 radical (unpaired) electrons. The second-order valence-electron chi connectivity index (χ2n) is 7.43. The SMILES string of the molecule is CCc1ccc(-n2c(SCC(=O)NCC(=O)c3ccccc3)nc3ccccc3c2=O)cc1. The molecule has 0 atom stereocenters. The first-order valence-corrected chi connectivity index (χ1v) is 11.6. The van der Waals surface area contributed by atoms with Gasteiger partial charge in [-0.05, 0) is 36.2 Å². The van der Waals surface area contributed by atoms with Crippen LogP contribution in [-0.2, 0) is 11.2 Å². The van der Waals surface area contributed by atoms with Crippen molar-refractivity contribution in [2.24, 2.45) is 0 Å². The topological polar surface area (TPSA) is 81.1 Å². The Morgan fingerprint density at radius 2 is 1.64 bits per heavy atom. The molecule has 4 aromatic rings. The van der Waals surface area contributed by atoms with Gasteiger partial charge < -0.3 is 5.32 Å². The molecule has 33 heavy (non-hydrogen) atoms. The average Bonchev–Trinajstić information content (AvgIpc) is 2.87. The molecule has 7 heteroatoms. The zero-order valence-corrected chi connectivity index (χ0v) is 19.0. The van der Waals surface area contributed by atoms with Crippen molar-refractivity contribution >= 4 is 34.4 Å². The van der Waals surface area contributed by atoms with E-state index >= 15 is 0 Å². The lowest BCUT2D eigenvalue weighted by Crippen LogP contribution is -2.31. The molecule has 0 unspecified atom stereocenters. The van der Waals surface area contributed by atoms with Crippen LogP contribution in [0.2, 0.25) is 0 Å². The van der Waals surface area contributed by atoms with Gasteiger partial charge in [-0.1, -0.05) is 73.3 Å². The minimum absolute atomic E-state index is 0.0277. The molecule has 0 spiro atoms. The first-order chi connectivity index (χ1) is 16.1. The summed E-state index contributed by atoms with van der Waals surface area (Å²) in [6.07, 6.45) is 0.897. The number of hydrogen-bond donors (Lipinski definition) is 1. The number of hydrogen-bond acceptors (Lipinski definition) is 5. The summed E-state index contributed by atoms with van der Waals surface area (Å²) < 4.78 is 1.54. The van der Waals surface area contributed by atoms with Crippen molar-refractivity contribution in [3.63, 3.8) is 0 Å². The molecule has 0 aliphatic rings. The monoisotopic (exact) mass is 457 g/mol. The first kappa shape index (κ1) is 22.5. The molecule has 3 aromatic carbocycles. The molecular formula is C26H23N3O3S. The van der Waals surface area contributed by atoms with Crippen LogP contribution < -0.4 is 10.9 Å². The molecule has 0 aliphatic carbocycles. The lowest BCUT2D eigenvalue weighted by atomic mass is 10.1. The molecule has 1 amide bonds. The predicted octanol–water partition coefficient (Wildman–Crippen LogP) is 4.04. The number of carbonyl (C=O) groups excluding carboxylic acids is 2. The van der Waals surface area contributed by atoms with Gasteiger partial charge in [-0.3, -0.25) is 19.0 Å². The Kier molecular flexibility index (Phi) is 7.00. The number of para-hydroxylation sites is 1. The number of aromatic nitrogens is 2. The highest BCUT2D eigenvalue weighted by atomic mass is 32.2. The van der Waals surface area contributed by atoms with Crippen LogP contribution in [0.15, 0.2) is 88.8 Å². The molecule has 0 fully saturated rings. The van der Waals surface area contributed by atoms with E-state index in [0.717, 1.165) is 23.7 Å². The highest BCUT2D eigenvalue weighted by Crippen LogP contribution is 2.21. The molecular weight excluding hydrogens is 434 g/mol. The van der Waals surface area contributed by atoms with Gasteiger partial charge in [0, 0.05) is 5.56 Å².